The summed E-state index contributed by atoms with van der Waals surface area (Å²) in [5.41, 5.74) is 1.62. The predicted molar refractivity (Wildman–Crippen MR) is 88.7 cm³/mol. The number of halogens is 1. The van der Waals surface area contributed by atoms with E-state index < -0.39 is 0 Å². The van der Waals surface area contributed by atoms with E-state index in [2.05, 4.69) is 80.1 Å². The van der Waals surface area contributed by atoms with Crippen LogP contribution in [0.1, 0.15) is 58.9 Å². The first-order chi connectivity index (χ1) is 8.87. The van der Waals surface area contributed by atoms with Gasteiger partial charge in [0.05, 0.1) is 0 Å². The molecule has 0 heterocycles. The van der Waals surface area contributed by atoms with Gasteiger partial charge in [-0.2, -0.15) is 0 Å². The highest BCUT2D eigenvalue weighted by molar-refractivity contribution is 9.10. The van der Waals surface area contributed by atoms with Gasteiger partial charge in [0, 0.05) is 16.6 Å². The third-order valence-corrected chi connectivity index (χ3v) is 4.24. The highest BCUT2D eigenvalue weighted by Crippen LogP contribution is 2.31. The van der Waals surface area contributed by atoms with Crippen LogP contribution in [0.15, 0.2) is 28.7 Å². The van der Waals surface area contributed by atoms with Crippen molar-refractivity contribution in [3.8, 4) is 0 Å². The van der Waals surface area contributed by atoms with Crippen molar-refractivity contribution in [1.29, 1.82) is 0 Å². The fourth-order valence-electron chi connectivity index (χ4n) is 2.57. The van der Waals surface area contributed by atoms with Crippen LogP contribution in [0.3, 0.4) is 0 Å². The van der Waals surface area contributed by atoms with Crippen LogP contribution in [0, 0.1) is 5.92 Å². The largest absolute Gasteiger partial charge is 0.311 e. The minimum atomic E-state index is 0.177. The number of nitrogens with one attached hydrogen (secondary N) is 1. The Balaban J connectivity index is 2.91. The fraction of sp³-hybridized carbons (Fsp3) is 0.647. The normalized spacial score (nSPS) is 13.8. The van der Waals surface area contributed by atoms with Crippen LogP contribution in [0.25, 0.3) is 0 Å². The number of hydrogen-bond acceptors (Lipinski definition) is 1. The van der Waals surface area contributed by atoms with Crippen LogP contribution < -0.4 is 5.32 Å². The van der Waals surface area contributed by atoms with Crippen LogP contribution in [-0.4, -0.2) is 12.1 Å². The summed E-state index contributed by atoms with van der Waals surface area (Å²) < 4.78 is 1.18. The van der Waals surface area contributed by atoms with Crippen molar-refractivity contribution in [2.45, 2.75) is 58.9 Å². The van der Waals surface area contributed by atoms with Gasteiger partial charge in [-0.3, -0.25) is 0 Å². The predicted octanol–water partition coefficient (Wildman–Crippen LogP) is 5.36. The van der Waals surface area contributed by atoms with Crippen molar-refractivity contribution < 1.29 is 0 Å². The molecule has 0 saturated heterocycles. The summed E-state index contributed by atoms with van der Waals surface area (Å²) in [6, 6.07) is 8.78. The van der Waals surface area contributed by atoms with Gasteiger partial charge in [-0.05, 0) is 50.3 Å². The van der Waals surface area contributed by atoms with Gasteiger partial charge in [0.15, 0.2) is 0 Å². The summed E-state index contributed by atoms with van der Waals surface area (Å²) in [4.78, 5) is 0. The van der Waals surface area contributed by atoms with Crippen molar-refractivity contribution in [3.63, 3.8) is 0 Å². The first kappa shape index (κ1) is 16.7. The second-order valence-corrected chi connectivity index (χ2v) is 7.28. The van der Waals surface area contributed by atoms with Gasteiger partial charge in [0.2, 0.25) is 0 Å². The Bertz CT molecular complexity index is 377. The molecule has 2 heteroatoms. The van der Waals surface area contributed by atoms with Crippen LogP contribution in [0.2, 0.25) is 0 Å². The zero-order valence-corrected chi connectivity index (χ0v) is 14.5. The molecule has 1 atom stereocenters. The Morgan fingerprint density at radius 3 is 2.26 bits per heavy atom. The average Bonchev–Trinajstić information content (AvgIpc) is 2.33. The molecule has 1 N–H and O–H groups in total. The van der Waals surface area contributed by atoms with Gasteiger partial charge in [-0.25, -0.2) is 0 Å². The lowest BCUT2D eigenvalue weighted by atomic mass is 9.82. The summed E-state index contributed by atoms with van der Waals surface area (Å²) in [6.07, 6.45) is 2.47. The van der Waals surface area contributed by atoms with Gasteiger partial charge < -0.3 is 5.32 Å². The molecule has 0 radical (unpaired) electrons. The van der Waals surface area contributed by atoms with E-state index in [4.69, 9.17) is 0 Å². The molecule has 0 aliphatic heterocycles. The first-order valence-corrected chi connectivity index (χ1v) is 8.17. The summed E-state index contributed by atoms with van der Waals surface area (Å²) in [6.45, 7) is 12.4. The summed E-state index contributed by atoms with van der Waals surface area (Å²) in [5, 5.41) is 3.67. The average molecular weight is 326 g/mol. The lowest BCUT2D eigenvalue weighted by Crippen LogP contribution is -2.40. The molecule has 0 aliphatic rings. The molecule has 0 spiro atoms. The van der Waals surface area contributed by atoms with E-state index in [1.165, 1.54) is 22.9 Å². The molecule has 0 amide bonds. The smallest absolute Gasteiger partial charge is 0.0178 e. The van der Waals surface area contributed by atoms with Crippen LogP contribution in [0.4, 0.5) is 0 Å². The summed E-state index contributed by atoms with van der Waals surface area (Å²) in [7, 11) is 0. The Hall–Kier alpha value is -0.340. The van der Waals surface area contributed by atoms with Crippen LogP contribution in [0.5, 0.6) is 0 Å². The topological polar surface area (TPSA) is 12.0 Å². The van der Waals surface area contributed by atoms with E-state index in [0.29, 0.717) is 5.92 Å². The van der Waals surface area contributed by atoms with Crippen LogP contribution >= 0.6 is 15.9 Å². The molecular weight excluding hydrogens is 298 g/mol. The van der Waals surface area contributed by atoms with Gasteiger partial charge >= 0.3 is 0 Å². The minimum Gasteiger partial charge on any atom is -0.311 e. The van der Waals surface area contributed by atoms with E-state index >= 15 is 0 Å². The van der Waals surface area contributed by atoms with E-state index in [0.717, 1.165) is 12.5 Å². The van der Waals surface area contributed by atoms with E-state index in [1.807, 2.05) is 0 Å². The second kappa shape index (κ2) is 7.44. The maximum absolute atomic E-state index is 3.67. The zero-order chi connectivity index (χ0) is 14.5. The molecule has 1 unspecified atom stereocenters. The number of benzene rings is 1. The van der Waals surface area contributed by atoms with Gasteiger partial charge in [-0.1, -0.05) is 54.8 Å². The lowest BCUT2D eigenvalue weighted by molar-refractivity contribution is 0.335. The van der Waals surface area contributed by atoms with Gasteiger partial charge in [-0.15, -0.1) is 0 Å². The Labute approximate surface area is 127 Å². The Kier molecular flexibility index (Phi) is 6.55. The van der Waals surface area contributed by atoms with Crippen molar-refractivity contribution in [1.82, 2.24) is 5.32 Å². The zero-order valence-electron chi connectivity index (χ0n) is 13.0. The van der Waals surface area contributed by atoms with Crippen molar-refractivity contribution >= 4 is 15.9 Å². The molecule has 108 valence electrons. The SMILES string of the molecule is CCC(CC)C(CNC(C)(C)C)c1cccc(Br)c1. The van der Waals surface area contributed by atoms with Gasteiger partial charge in [0.1, 0.15) is 0 Å². The molecule has 0 aliphatic carbocycles. The quantitative estimate of drug-likeness (QED) is 0.742. The number of rotatable bonds is 6. The van der Waals surface area contributed by atoms with E-state index in [1.54, 1.807) is 0 Å². The molecular formula is C17H28BrN. The molecule has 0 aromatic heterocycles. The minimum absolute atomic E-state index is 0.177. The maximum atomic E-state index is 3.67. The third kappa shape index (κ3) is 5.66. The highest BCUT2D eigenvalue weighted by Gasteiger charge is 2.22. The molecule has 1 aromatic rings. The monoisotopic (exact) mass is 325 g/mol. The fourth-order valence-corrected chi connectivity index (χ4v) is 2.98. The molecule has 1 aromatic carbocycles. The lowest BCUT2D eigenvalue weighted by Gasteiger charge is -2.30. The van der Waals surface area contributed by atoms with E-state index in [9.17, 15) is 0 Å². The van der Waals surface area contributed by atoms with Crippen molar-refractivity contribution in [3.05, 3.63) is 34.3 Å². The number of hydrogen-bond donors (Lipinski definition) is 1. The van der Waals surface area contributed by atoms with Crippen molar-refractivity contribution in [2.75, 3.05) is 6.54 Å². The molecule has 0 bridgehead atoms. The molecule has 0 saturated carbocycles. The standard InChI is InChI=1S/C17H28BrN/c1-6-13(7-2)16(12-19-17(3,4)5)14-9-8-10-15(18)11-14/h8-11,13,16,19H,6-7,12H2,1-5H3. The molecule has 19 heavy (non-hydrogen) atoms. The highest BCUT2D eigenvalue weighted by atomic mass is 79.9. The molecule has 1 rings (SSSR count). The van der Waals surface area contributed by atoms with E-state index in [-0.39, 0.29) is 5.54 Å². The summed E-state index contributed by atoms with van der Waals surface area (Å²) >= 11 is 3.59. The maximum Gasteiger partial charge on any atom is 0.0178 e. The molecule has 0 fully saturated rings. The first-order valence-electron chi connectivity index (χ1n) is 7.37. The third-order valence-electron chi connectivity index (χ3n) is 3.75. The summed E-state index contributed by atoms with van der Waals surface area (Å²) in [5.74, 6) is 1.33. The van der Waals surface area contributed by atoms with Crippen LogP contribution in [-0.2, 0) is 0 Å². The second-order valence-electron chi connectivity index (χ2n) is 6.37. The van der Waals surface area contributed by atoms with Crippen molar-refractivity contribution in [2.24, 2.45) is 5.92 Å². The Morgan fingerprint density at radius 1 is 1.16 bits per heavy atom. The van der Waals surface area contributed by atoms with Gasteiger partial charge in [0.25, 0.3) is 0 Å². The molecule has 1 nitrogen and oxygen atoms in total. The Morgan fingerprint density at radius 2 is 1.79 bits per heavy atom.